The van der Waals surface area contributed by atoms with Crippen molar-refractivity contribution in [2.75, 3.05) is 49.7 Å². The molecule has 3 heterocycles. The van der Waals surface area contributed by atoms with Gasteiger partial charge >= 0.3 is 11.8 Å². The molecule has 0 unspecified atom stereocenters. The van der Waals surface area contributed by atoms with Crippen molar-refractivity contribution in [1.29, 1.82) is 0 Å². The van der Waals surface area contributed by atoms with Gasteiger partial charge in [0.15, 0.2) is 11.5 Å². The van der Waals surface area contributed by atoms with Gasteiger partial charge in [-0.3, -0.25) is 14.5 Å². The number of benzene rings is 1. The number of anilines is 1. The zero-order valence-corrected chi connectivity index (χ0v) is 16.8. The van der Waals surface area contributed by atoms with Gasteiger partial charge in [0, 0.05) is 30.1 Å². The Hall–Kier alpha value is -1.93. The molecule has 0 bridgehead atoms. The predicted octanol–water partition coefficient (Wildman–Crippen LogP) is 1.73. The third kappa shape index (κ3) is 4.72. The minimum Gasteiger partial charge on any atom is -0.486 e. The Kier molecular flexibility index (Phi) is 6.26. The Morgan fingerprint density at radius 2 is 1.86 bits per heavy atom. The molecule has 2 saturated heterocycles. The maximum atomic E-state index is 12.2. The molecule has 7 nitrogen and oxygen atoms in total. The maximum absolute atomic E-state index is 12.2. The zero-order valence-electron chi connectivity index (χ0n) is 15.9. The number of piperidine rings is 1. The first-order chi connectivity index (χ1) is 13.7. The second-order valence-corrected chi connectivity index (χ2v) is 8.67. The highest BCUT2D eigenvalue weighted by Crippen LogP contribution is 2.32. The van der Waals surface area contributed by atoms with Gasteiger partial charge in [0.1, 0.15) is 13.2 Å². The van der Waals surface area contributed by atoms with Gasteiger partial charge in [0.25, 0.3) is 0 Å². The molecule has 0 aliphatic carbocycles. The number of hydrogen-bond donors (Lipinski definition) is 2. The number of carbonyl (C=O) groups excluding carboxylic acids is 2. The average Bonchev–Trinajstić information content (AvgIpc) is 3.27. The fourth-order valence-corrected chi connectivity index (χ4v) is 5.21. The van der Waals surface area contributed by atoms with E-state index in [9.17, 15) is 9.59 Å². The molecule has 2 amide bonds. The number of rotatable bonds is 4. The molecule has 8 heteroatoms. The smallest absolute Gasteiger partial charge is 0.313 e. The van der Waals surface area contributed by atoms with E-state index in [2.05, 4.69) is 15.5 Å². The quantitative estimate of drug-likeness (QED) is 0.743. The first-order valence-electron chi connectivity index (χ1n) is 9.99. The van der Waals surface area contributed by atoms with Gasteiger partial charge in [-0.15, -0.1) is 0 Å². The van der Waals surface area contributed by atoms with Crippen LogP contribution in [0, 0.1) is 5.92 Å². The normalized spacial score (nSPS) is 22.6. The highest BCUT2D eigenvalue weighted by molar-refractivity contribution is 7.99. The van der Waals surface area contributed by atoms with Gasteiger partial charge in [0.05, 0.1) is 0 Å². The van der Waals surface area contributed by atoms with Crippen LogP contribution in [0.3, 0.4) is 0 Å². The van der Waals surface area contributed by atoms with Crippen molar-refractivity contribution in [3.8, 4) is 11.5 Å². The third-order valence-electron chi connectivity index (χ3n) is 5.63. The minimum atomic E-state index is -0.655. The Balaban J connectivity index is 1.20. The van der Waals surface area contributed by atoms with Crippen LogP contribution in [0.4, 0.5) is 5.69 Å². The number of fused-ring (bicyclic) bond motifs is 1. The summed E-state index contributed by atoms with van der Waals surface area (Å²) in [6.45, 7) is 3.73. The van der Waals surface area contributed by atoms with E-state index in [4.69, 9.17) is 9.47 Å². The van der Waals surface area contributed by atoms with Crippen LogP contribution in [0.1, 0.15) is 19.3 Å². The SMILES string of the molecule is O=C(NCC1CCN([C@@H]2CCSC2)CC1)C(=O)Nc1ccc2c(c1)OCCO2. The molecule has 4 rings (SSSR count). The van der Waals surface area contributed by atoms with Crippen molar-refractivity contribution in [3.63, 3.8) is 0 Å². The molecule has 152 valence electrons. The molecule has 0 spiro atoms. The van der Waals surface area contributed by atoms with Crippen molar-refractivity contribution >= 4 is 29.3 Å². The number of nitrogens with one attached hydrogen (secondary N) is 2. The van der Waals surface area contributed by atoms with Crippen LogP contribution in [-0.4, -0.2) is 67.1 Å². The first kappa shape index (κ1) is 19.4. The molecule has 28 heavy (non-hydrogen) atoms. The Labute approximate surface area is 169 Å². The summed E-state index contributed by atoms with van der Waals surface area (Å²) in [5, 5.41) is 5.42. The van der Waals surface area contributed by atoms with Crippen LogP contribution in [-0.2, 0) is 9.59 Å². The van der Waals surface area contributed by atoms with Crippen molar-refractivity contribution in [2.45, 2.75) is 25.3 Å². The second-order valence-electron chi connectivity index (χ2n) is 7.52. The molecule has 1 aromatic carbocycles. The van der Waals surface area contributed by atoms with E-state index in [1.54, 1.807) is 18.2 Å². The number of thioether (sulfide) groups is 1. The van der Waals surface area contributed by atoms with E-state index in [0.29, 0.717) is 42.9 Å². The molecule has 1 atom stereocenters. The van der Waals surface area contributed by atoms with Crippen LogP contribution >= 0.6 is 11.8 Å². The van der Waals surface area contributed by atoms with E-state index >= 15 is 0 Å². The lowest BCUT2D eigenvalue weighted by atomic mass is 9.95. The van der Waals surface area contributed by atoms with Crippen molar-refractivity contribution < 1.29 is 19.1 Å². The van der Waals surface area contributed by atoms with Gasteiger partial charge < -0.3 is 20.1 Å². The van der Waals surface area contributed by atoms with Crippen molar-refractivity contribution in [1.82, 2.24) is 10.2 Å². The summed E-state index contributed by atoms with van der Waals surface area (Å²) in [5.41, 5.74) is 0.521. The summed E-state index contributed by atoms with van der Waals surface area (Å²) in [7, 11) is 0. The first-order valence-corrected chi connectivity index (χ1v) is 11.1. The maximum Gasteiger partial charge on any atom is 0.313 e. The number of ether oxygens (including phenoxy) is 2. The monoisotopic (exact) mass is 405 g/mol. The lowest BCUT2D eigenvalue weighted by molar-refractivity contribution is -0.136. The fourth-order valence-electron chi connectivity index (χ4n) is 3.96. The molecule has 3 aliphatic heterocycles. The molecule has 2 N–H and O–H groups in total. The summed E-state index contributed by atoms with van der Waals surface area (Å²) >= 11 is 2.04. The highest BCUT2D eigenvalue weighted by atomic mass is 32.2. The standard InChI is InChI=1S/C20H27N3O4S/c24-19(20(25)22-15-1-2-17-18(11-15)27-9-8-26-17)21-12-14-3-6-23(7-4-14)16-5-10-28-13-16/h1-2,11,14,16H,3-10,12-13H2,(H,21,24)(H,22,25)/t16-/m1/s1. The van der Waals surface area contributed by atoms with Crippen LogP contribution in [0.2, 0.25) is 0 Å². The lowest BCUT2D eigenvalue weighted by Crippen LogP contribution is -2.45. The summed E-state index contributed by atoms with van der Waals surface area (Å²) in [6, 6.07) is 5.85. The van der Waals surface area contributed by atoms with Gasteiger partial charge in [-0.25, -0.2) is 0 Å². The molecule has 0 radical (unpaired) electrons. The van der Waals surface area contributed by atoms with Crippen LogP contribution in [0.5, 0.6) is 11.5 Å². The molecule has 0 aromatic heterocycles. The molecule has 3 aliphatic rings. The minimum absolute atomic E-state index is 0.441. The zero-order chi connectivity index (χ0) is 19.3. The fraction of sp³-hybridized carbons (Fsp3) is 0.600. The molecule has 0 saturated carbocycles. The Morgan fingerprint density at radius 3 is 2.61 bits per heavy atom. The molecule has 2 fully saturated rings. The van der Waals surface area contributed by atoms with Crippen molar-refractivity contribution in [2.24, 2.45) is 5.92 Å². The topological polar surface area (TPSA) is 79.9 Å². The van der Waals surface area contributed by atoms with E-state index in [1.807, 2.05) is 11.8 Å². The summed E-state index contributed by atoms with van der Waals surface area (Å²) in [4.78, 5) is 26.9. The molecule has 1 aromatic rings. The number of amides is 2. The van der Waals surface area contributed by atoms with E-state index in [-0.39, 0.29) is 0 Å². The summed E-state index contributed by atoms with van der Waals surface area (Å²) in [5.74, 6) is 2.95. The van der Waals surface area contributed by atoms with E-state index in [0.717, 1.165) is 32.0 Å². The summed E-state index contributed by atoms with van der Waals surface area (Å²) < 4.78 is 11.0. The van der Waals surface area contributed by atoms with Gasteiger partial charge in [-0.1, -0.05) is 0 Å². The van der Waals surface area contributed by atoms with Crippen molar-refractivity contribution in [3.05, 3.63) is 18.2 Å². The lowest BCUT2D eigenvalue weighted by Gasteiger charge is -2.35. The summed E-state index contributed by atoms with van der Waals surface area (Å²) in [6.07, 6.45) is 3.45. The van der Waals surface area contributed by atoms with Gasteiger partial charge in [-0.2, -0.15) is 11.8 Å². The number of hydrogen-bond acceptors (Lipinski definition) is 6. The van der Waals surface area contributed by atoms with E-state index < -0.39 is 11.8 Å². The van der Waals surface area contributed by atoms with Gasteiger partial charge in [-0.05, 0) is 56.2 Å². The largest absolute Gasteiger partial charge is 0.486 e. The number of carbonyl (C=O) groups is 2. The van der Waals surface area contributed by atoms with E-state index in [1.165, 1.54) is 17.9 Å². The number of likely N-dealkylation sites (tertiary alicyclic amines) is 1. The van der Waals surface area contributed by atoms with Crippen LogP contribution in [0.25, 0.3) is 0 Å². The molecular formula is C20H27N3O4S. The Morgan fingerprint density at radius 1 is 1.07 bits per heavy atom. The Bertz CT molecular complexity index is 715. The average molecular weight is 406 g/mol. The van der Waals surface area contributed by atoms with Crippen LogP contribution in [0.15, 0.2) is 18.2 Å². The highest BCUT2D eigenvalue weighted by Gasteiger charge is 2.28. The molecular weight excluding hydrogens is 378 g/mol. The van der Waals surface area contributed by atoms with Crippen LogP contribution < -0.4 is 20.1 Å². The predicted molar refractivity (Wildman–Crippen MR) is 109 cm³/mol. The third-order valence-corrected chi connectivity index (χ3v) is 6.77. The number of nitrogens with zero attached hydrogens (tertiary/aromatic N) is 1. The van der Waals surface area contributed by atoms with Gasteiger partial charge in [0.2, 0.25) is 0 Å². The second kappa shape index (κ2) is 9.05.